The minimum Gasteiger partial charge on any atom is -0.352 e. The van der Waals surface area contributed by atoms with E-state index in [4.69, 9.17) is 12.2 Å². The molecule has 0 saturated heterocycles. The summed E-state index contributed by atoms with van der Waals surface area (Å²) in [7, 11) is 0. The van der Waals surface area contributed by atoms with Gasteiger partial charge in [0.15, 0.2) is 5.11 Å². The molecule has 0 fully saturated rings. The van der Waals surface area contributed by atoms with Crippen molar-refractivity contribution in [1.29, 1.82) is 0 Å². The lowest BCUT2D eigenvalue weighted by atomic mass is 9.95. The van der Waals surface area contributed by atoms with Gasteiger partial charge in [-0.1, -0.05) is 60.7 Å². The lowest BCUT2D eigenvalue weighted by Gasteiger charge is -2.23. The molecule has 0 bridgehead atoms. The van der Waals surface area contributed by atoms with Crippen LogP contribution < -0.4 is 10.6 Å². The van der Waals surface area contributed by atoms with Gasteiger partial charge in [-0.2, -0.15) is 0 Å². The largest absolute Gasteiger partial charge is 0.352 e. The molecule has 0 amide bonds. The molecular weight excluding hydrogens is 336 g/mol. The highest BCUT2D eigenvalue weighted by molar-refractivity contribution is 7.80. The van der Waals surface area contributed by atoms with Crippen molar-refractivity contribution in [2.24, 2.45) is 0 Å². The third-order valence-electron chi connectivity index (χ3n) is 4.67. The summed E-state index contributed by atoms with van der Waals surface area (Å²) < 4.78 is 0. The fourth-order valence-electron chi connectivity index (χ4n) is 3.01. The van der Waals surface area contributed by atoms with E-state index < -0.39 is 0 Å². The zero-order valence-corrected chi connectivity index (χ0v) is 16.2. The van der Waals surface area contributed by atoms with Crippen molar-refractivity contribution in [2.45, 2.75) is 26.8 Å². The second-order valence-corrected chi connectivity index (χ2v) is 7.01. The van der Waals surface area contributed by atoms with Crippen molar-refractivity contribution in [1.82, 2.24) is 5.32 Å². The van der Waals surface area contributed by atoms with Gasteiger partial charge in [0.05, 0.1) is 6.04 Å². The summed E-state index contributed by atoms with van der Waals surface area (Å²) in [5.41, 5.74) is 7.17. The smallest absolute Gasteiger partial charge is 0.171 e. The van der Waals surface area contributed by atoms with Crippen LogP contribution in [0.5, 0.6) is 0 Å². The molecule has 0 saturated carbocycles. The molecule has 2 N–H and O–H groups in total. The van der Waals surface area contributed by atoms with Gasteiger partial charge in [-0.3, -0.25) is 0 Å². The van der Waals surface area contributed by atoms with Crippen LogP contribution in [0.15, 0.2) is 72.8 Å². The number of nitrogens with one attached hydrogen (secondary N) is 2. The Bertz CT molecular complexity index is 903. The summed E-state index contributed by atoms with van der Waals surface area (Å²) in [4.78, 5) is 0. The van der Waals surface area contributed by atoms with E-state index >= 15 is 0 Å². The molecule has 0 unspecified atom stereocenters. The Hall–Kier alpha value is -2.65. The fourth-order valence-corrected chi connectivity index (χ4v) is 3.25. The molecule has 3 rings (SSSR count). The number of thiocarbonyl (C=S) groups is 1. The maximum absolute atomic E-state index is 5.61. The average Bonchev–Trinajstić information content (AvgIpc) is 2.64. The molecule has 0 aliphatic rings. The highest BCUT2D eigenvalue weighted by Crippen LogP contribution is 2.25. The molecular formula is C23H24N2S. The van der Waals surface area contributed by atoms with E-state index in [9.17, 15) is 0 Å². The maximum Gasteiger partial charge on any atom is 0.171 e. The fraction of sp³-hybridized carbons (Fsp3) is 0.174. The lowest BCUT2D eigenvalue weighted by Crippen LogP contribution is -2.33. The lowest BCUT2D eigenvalue weighted by molar-refractivity contribution is 0.762. The summed E-state index contributed by atoms with van der Waals surface area (Å²) in [5.74, 6) is 0. The molecule has 1 atom stereocenters. The standard InChI is InChI=1S/C23H24N2S/c1-16-13-14-20(15-18(16)3)24-23(26)25-22(19-10-5-4-6-11-19)21-12-8-7-9-17(21)2/h4-15,22H,1-3H3,(H2,24,25,26)/t22-/m0/s1. The minimum absolute atomic E-state index is 0.00365. The van der Waals surface area contributed by atoms with Crippen LogP contribution in [0.4, 0.5) is 5.69 Å². The Balaban J connectivity index is 1.85. The average molecular weight is 361 g/mol. The van der Waals surface area contributed by atoms with Crippen LogP contribution in [-0.2, 0) is 0 Å². The molecule has 0 aromatic heterocycles. The minimum atomic E-state index is 0.00365. The van der Waals surface area contributed by atoms with Crippen LogP contribution in [0.2, 0.25) is 0 Å². The first kappa shape index (κ1) is 18.2. The van der Waals surface area contributed by atoms with Crippen LogP contribution in [-0.4, -0.2) is 5.11 Å². The van der Waals surface area contributed by atoms with Crippen molar-refractivity contribution in [3.63, 3.8) is 0 Å². The third kappa shape index (κ3) is 4.30. The van der Waals surface area contributed by atoms with Crippen LogP contribution in [0, 0.1) is 20.8 Å². The molecule has 0 aliphatic heterocycles. The van der Waals surface area contributed by atoms with Crippen LogP contribution >= 0.6 is 12.2 Å². The van der Waals surface area contributed by atoms with Gasteiger partial charge >= 0.3 is 0 Å². The number of anilines is 1. The summed E-state index contributed by atoms with van der Waals surface area (Å²) in [6.45, 7) is 6.35. The summed E-state index contributed by atoms with van der Waals surface area (Å²) in [6.07, 6.45) is 0. The van der Waals surface area contributed by atoms with Crippen LogP contribution in [0.25, 0.3) is 0 Å². The topological polar surface area (TPSA) is 24.1 Å². The van der Waals surface area contributed by atoms with E-state index in [0.717, 1.165) is 5.69 Å². The Morgan fingerprint density at radius 2 is 1.46 bits per heavy atom. The molecule has 2 nitrogen and oxygen atoms in total. The Morgan fingerprint density at radius 1 is 0.769 bits per heavy atom. The van der Waals surface area contributed by atoms with Gasteiger partial charge in [-0.15, -0.1) is 0 Å². The Morgan fingerprint density at radius 3 is 2.15 bits per heavy atom. The van der Waals surface area contributed by atoms with E-state index in [1.165, 1.54) is 27.8 Å². The van der Waals surface area contributed by atoms with Gasteiger partial charge in [-0.05, 0) is 72.9 Å². The molecule has 132 valence electrons. The summed E-state index contributed by atoms with van der Waals surface area (Å²) in [6, 6.07) is 25.1. The van der Waals surface area contributed by atoms with Crippen LogP contribution in [0.1, 0.15) is 33.9 Å². The maximum atomic E-state index is 5.61. The van der Waals surface area contributed by atoms with Gasteiger partial charge in [0.1, 0.15) is 0 Å². The van der Waals surface area contributed by atoms with E-state index in [2.05, 4.69) is 98.1 Å². The Kier molecular flexibility index (Phi) is 5.69. The van der Waals surface area contributed by atoms with Crippen molar-refractivity contribution in [3.05, 3.63) is 101 Å². The predicted octanol–water partition coefficient (Wildman–Crippen LogP) is 5.69. The van der Waals surface area contributed by atoms with Crippen molar-refractivity contribution < 1.29 is 0 Å². The third-order valence-corrected chi connectivity index (χ3v) is 4.89. The van der Waals surface area contributed by atoms with Crippen molar-refractivity contribution in [2.75, 3.05) is 5.32 Å². The van der Waals surface area contributed by atoms with E-state index in [1.54, 1.807) is 0 Å². The van der Waals surface area contributed by atoms with E-state index in [-0.39, 0.29) is 6.04 Å². The second kappa shape index (κ2) is 8.15. The summed E-state index contributed by atoms with van der Waals surface area (Å²) in [5, 5.41) is 7.43. The first-order valence-corrected chi connectivity index (χ1v) is 9.20. The highest BCUT2D eigenvalue weighted by atomic mass is 32.1. The predicted molar refractivity (Wildman–Crippen MR) is 115 cm³/mol. The van der Waals surface area contributed by atoms with Gasteiger partial charge in [-0.25, -0.2) is 0 Å². The van der Waals surface area contributed by atoms with E-state index in [0.29, 0.717) is 5.11 Å². The van der Waals surface area contributed by atoms with Gasteiger partial charge < -0.3 is 10.6 Å². The zero-order valence-electron chi connectivity index (χ0n) is 15.4. The molecule has 3 aromatic carbocycles. The zero-order chi connectivity index (χ0) is 18.5. The Labute approximate surface area is 161 Å². The number of aryl methyl sites for hydroxylation is 3. The molecule has 3 heteroatoms. The molecule has 0 spiro atoms. The molecule has 0 radical (unpaired) electrons. The first-order chi connectivity index (χ1) is 12.5. The SMILES string of the molecule is Cc1ccc(NC(=S)N[C@@H](c2ccccc2)c2ccccc2C)cc1C. The first-order valence-electron chi connectivity index (χ1n) is 8.80. The summed E-state index contributed by atoms with van der Waals surface area (Å²) >= 11 is 5.61. The monoisotopic (exact) mass is 360 g/mol. The number of rotatable bonds is 4. The molecule has 0 aliphatic carbocycles. The molecule has 0 heterocycles. The van der Waals surface area contributed by atoms with Crippen LogP contribution in [0.3, 0.4) is 0 Å². The van der Waals surface area contributed by atoms with Gasteiger partial charge in [0, 0.05) is 5.69 Å². The van der Waals surface area contributed by atoms with Gasteiger partial charge in [0.25, 0.3) is 0 Å². The molecule has 3 aromatic rings. The van der Waals surface area contributed by atoms with Gasteiger partial charge in [0.2, 0.25) is 0 Å². The normalized spacial score (nSPS) is 11.7. The van der Waals surface area contributed by atoms with Crippen molar-refractivity contribution in [3.8, 4) is 0 Å². The van der Waals surface area contributed by atoms with Crippen molar-refractivity contribution >= 4 is 23.0 Å². The van der Waals surface area contributed by atoms with E-state index in [1.807, 2.05) is 6.07 Å². The number of hydrogen-bond acceptors (Lipinski definition) is 1. The molecule has 26 heavy (non-hydrogen) atoms. The number of hydrogen-bond donors (Lipinski definition) is 2. The number of benzene rings is 3. The second-order valence-electron chi connectivity index (χ2n) is 6.60. The quantitative estimate of drug-likeness (QED) is 0.585. The highest BCUT2D eigenvalue weighted by Gasteiger charge is 2.17.